The highest BCUT2D eigenvalue weighted by molar-refractivity contribution is 5.69. The maximum absolute atomic E-state index is 10.9. The number of aromatic nitrogens is 3. The molecular formula is C8H13N3O2. The molecule has 0 bridgehead atoms. The third kappa shape index (κ3) is 3.68. The fraction of sp³-hybridized carbons (Fsp3) is 0.625. The minimum Gasteiger partial charge on any atom is -0.466 e. The molecule has 1 aromatic heterocycles. The van der Waals surface area contributed by atoms with Crippen LogP contribution in [-0.4, -0.2) is 27.8 Å². The van der Waals surface area contributed by atoms with Crippen LogP contribution in [0.4, 0.5) is 0 Å². The summed E-state index contributed by atoms with van der Waals surface area (Å²) in [5.74, 6) is 0.659. The van der Waals surface area contributed by atoms with Crippen molar-refractivity contribution >= 4 is 5.97 Å². The zero-order valence-corrected chi connectivity index (χ0v) is 7.62. The summed E-state index contributed by atoms with van der Waals surface area (Å²) in [4.78, 5) is 14.8. The molecule has 0 fully saturated rings. The number of aromatic amines is 1. The highest BCUT2D eigenvalue weighted by atomic mass is 16.5. The molecule has 5 nitrogen and oxygen atoms in total. The Morgan fingerprint density at radius 1 is 1.69 bits per heavy atom. The Hall–Kier alpha value is -1.39. The van der Waals surface area contributed by atoms with Gasteiger partial charge < -0.3 is 4.74 Å². The molecule has 0 aliphatic heterocycles. The van der Waals surface area contributed by atoms with E-state index in [2.05, 4.69) is 15.2 Å². The lowest BCUT2D eigenvalue weighted by atomic mass is 10.2. The predicted octanol–water partition coefficient (Wildman–Crippen LogP) is 0.690. The summed E-state index contributed by atoms with van der Waals surface area (Å²) in [7, 11) is 0. The lowest BCUT2D eigenvalue weighted by molar-refractivity contribution is -0.143. The lowest BCUT2D eigenvalue weighted by Crippen LogP contribution is -2.04. The zero-order chi connectivity index (χ0) is 9.52. The van der Waals surface area contributed by atoms with Crippen molar-refractivity contribution in [1.82, 2.24) is 15.2 Å². The number of esters is 1. The van der Waals surface area contributed by atoms with Crippen LogP contribution >= 0.6 is 0 Å². The van der Waals surface area contributed by atoms with Crippen molar-refractivity contribution in [3.63, 3.8) is 0 Å². The molecule has 0 aromatic carbocycles. The Labute approximate surface area is 76.5 Å². The first-order valence-electron chi connectivity index (χ1n) is 4.32. The summed E-state index contributed by atoms with van der Waals surface area (Å²) in [6.45, 7) is 2.25. The maximum Gasteiger partial charge on any atom is 0.305 e. The van der Waals surface area contributed by atoms with Gasteiger partial charge in [-0.25, -0.2) is 4.98 Å². The van der Waals surface area contributed by atoms with Gasteiger partial charge in [0.15, 0.2) is 0 Å². The van der Waals surface area contributed by atoms with Gasteiger partial charge in [0.25, 0.3) is 0 Å². The topological polar surface area (TPSA) is 67.9 Å². The number of nitrogens with one attached hydrogen (secondary N) is 1. The molecule has 0 radical (unpaired) electrons. The molecular weight excluding hydrogens is 170 g/mol. The highest BCUT2D eigenvalue weighted by Crippen LogP contribution is 1.98. The summed E-state index contributed by atoms with van der Waals surface area (Å²) in [5.41, 5.74) is 0. The van der Waals surface area contributed by atoms with E-state index in [0.717, 1.165) is 18.7 Å². The molecule has 5 heteroatoms. The molecule has 0 atom stereocenters. The molecule has 1 aromatic rings. The van der Waals surface area contributed by atoms with E-state index in [1.165, 1.54) is 6.33 Å². The second kappa shape index (κ2) is 5.29. The second-order valence-corrected chi connectivity index (χ2v) is 2.59. The van der Waals surface area contributed by atoms with Crippen molar-refractivity contribution < 1.29 is 9.53 Å². The normalized spacial score (nSPS) is 9.92. The number of hydrogen-bond donors (Lipinski definition) is 1. The first kappa shape index (κ1) is 9.70. The number of hydrogen-bond acceptors (Lipinski definition) is 4. The molecule has 1 N–H and O–H groups in total. The third-order valence-corrected chi connectivity index (χ3v) is 1.56. The molecule has 1 heterocycles. The molecule has 13 heavy (non-hydrogen) atoms. The van der Waals surface area contributed by atoms with Gasteiger partial charge in [0.05, 0.1) is 6.61 Å². The molecule has 72 valence electrons. The van der Waals surface area contributed by atoms with Crippen LogP contribution < -0.4 is 0 Å². The van der Waals surface area contributed by atoms with Gasteiger partial charge in [0.2, 0.25) is 0 Å². The number of nitrogens with zero attached hydrogens (tertiary/aromatic N) is 2. The summed E-state index contributed by atoms with van der Waals surface area (Å²) in [6.07, 6.45) is 3.38. The van der Waals surface area contributed by atoms with Crippen molar-refractivity contribution in [3.05, 3.63) is 12.2 Å². The maximum atomic E-state index is 10.9. The first-order valence-corrected chi connectivity index (χ1v) is 4.32. The summed E-state index contributed by atoms with van der Waals surface area (Å²) < 4.78 is 4.78. The van der Waals surface area contributed by atoms with Gasteiger partial charge in [0.1, 0.15) is 12.2 Å². The molecule has 0 saturated carbocycles. The molecule has 0 aliphatic rings. The SMILES string of the molecule is CCOC(=O)CCCc1ncn[nH]1. The molecule has 1 rings (SSSR count). The monoisotopic (exact) mass is 183 g/mol. The van der Waals surface area contributed by atoms with Crippen LogP contribution in [0.15, 0.2) is 6.33 Å². The minimum absolute atomic E-state index is 0.151. The average Bonchev–Trinajstić information content (AvgIpc) is 2.57. The second-order valence-electron chi connectivity index (χ2n) is 2.59. The number of carbonyl (C=O) groups excluding carboxylic acids is 1. The van der Waals surface area contributed by atoms with Gasteiger partial charge in [-0.05, 0) is 13.3 Å². The van der Waals surface area contributed by atoms with Crippen molar-refractivity contribution in [1.29, 1.82) is 0 Å². The van der Waals surface area contributed by atoms with Gasteiger partial charge in [-0.1, -0.05) is 0 Å². The quantitative estimate of drug-likeness (QED) is 0.682. The van der Waals surface area contributed by atoms with Crippen LogP contribution in [0.1, 0.15) is 25.6 Å². The summed E-state index contributed by atoms with van der Waals surface area (Å²) in [6, 6.07) is 0. The van der Waals surface area contributed by atoms with E-state index in [-0.39, 0.29) is 5.97 Å². The number of rotatable bonds is 5. The highest BCUT2D eigenvalue weighted by Gasteiger charge is 2.02. The van der Waals surface area contributed by atoms with E-state index in [1.54, 1.807) is 6.92 Å². The van der Waals surface area contributed by atoms with Crippen LogP contribution in [0.5, 0.6) is 0 Å². The van der Waals surface area contributed by atoms with E-state index in [4.69, 9.17) is 4.74 Å². The van der Waals surface area contributed by atoms with Crippen LogP contribution in [0.25, 0.3) is 0 Å². The minimum atomic E-state index is -0.151. The summed E-state index contributed by atoms with van der Waals surface area (Å²) >= 11 is 0. The summed E-state index contributed by atoms with van der Waals surface area (Å²) in [5, 5.41) is 6.43. The number of carbonyl (C=O) groups is 1. The van der Waals surface area contributed by atoms with Crippen molar-refractivity contribution in [3.8, 4) is 0 Å². The molecule has 0 amide bonds. The largest absolute Gasteiger partial charge is 0.466 e. The number of ether oxygens (including phenoxy) is 1. The standard InChI is InChI=1S/C8H13N3O2/c1-2-13-8(12)5-3-4-7-9-6-10-11-7/h6H,2-5H2,1H3,(H,9,10,11). The first-order chi connectivity index (χ1) is 6.33. The molecule has 0 aliphatic carbocycles. The molecule has 0 unspecified atom stereocenters. The van der Waals surface area contributed by atoms with Crippen LogP contribution in [0.3, 0.4) is 0 Å². The van der Waals surface area contributed by atoms with Crippen molar-refractivity contribution in [2.45, 2.75) is 26.2 Å². The fourth-order valence-corrected chi connectivity index (χ4v) is 0.985. The van der Waals surface area contributed by atoms with E-state index < -0.39 is 0 Å². The van der Waals surface area contributed by atoms with Gasteiger partial charge in [-0.15, -0.1) is 0 Å². The average molecular weight is 183 g/mol. The van der Waals surface area contributed by atoms with E-state index in [0.29, 0.717) is 13.0 Å². The lowest BCUT2D eigenvalue weighted by Gasteiger charge is -1.99. The van der Waals surface area contributed by atoms with Crippen molar-refractivity contribution in [2.24, 2.45) is 0 Å². The van der Waals surface area contributed by atoms with Gasteiger partial charge in [-0.3, -0.25) is 9.89 Å². The Morgan fingerprint density at radius 2 is 2.54 bits per heavy atom. The predicted molar refractivity (Wildman–Crippen MR) is 46.0 cm³/mol. The van der Waals surface area contributed by atoms with E-state index in [1.807, 2.05) is 0 Å². The smallest absolute Gasteiger partial charge is 0.305 e. The van der Waals surface area contributed by atoms with Crippen LogP contribution in [-0.2, 0) is 16.0 Å². The van der Waals surface area contributed by atoms with E-state index >= 15 is 0 Å². The molecule has 0 spiro atoms. The molecule has 0 saturated heterocycles. The fourth-order valence-electron chi connectivity index (χ4n) is 0.985. The van der Waals surface area contributed by atoms with Gasteiger partial charge in [0, 0.05) is 12.8 Å². The van der Waals surface area contributed by atoms with Crippen LogP contribution in [0, 0.1) is 0 Å². The Balaban J connectivity index is 2.11. The Bertz CT molecular complexity index is 246. The number of H-pyrrole nitrogens is 1. The Morgan fingerprint density at radius 3 is 3.15 bits per heavy atom. The third-order valence-electron chi connectivity index (χ3n) is 1.56. The van der Waals surface area contributed by atoms with Gasteiger partial charge in [-0.2, -0.15) is 5.10 Å². The van der Waals surface area contributed by atoms with Crippen LogP contribution in [0.2, 0.25) is 0 Å². The van der Waals surface area contributed by atoms with Gasteiger partial charge >= 0.3 is 5.97 Å². The number of aryl methyl sites for hydroxylation is 1. The van der Waals surface area contributed by atoms with E-state index in [9.17, 15) is 4.79 Å². The zero-order valence-electron chi connectivity index (χ0n) is 7.62. The Kier molecular flexibility index (Phi) is 3.95. The van der Waals surface area contributed by atoms with Crippen molar-refractivity contribution in [2.75, 3.05) is 6.61 Å².